The van der Waals surface area contributed by atoms with E-state index in [1.165, 1.54) is 12.6 Å². The molecular formula is C19H19ClN2O4. The molecule has 7 heteroatoms. The maximum atomic E-state index is 12.3. The van der Waals surface area contributed by atoms with Crippen LogP contribution in [-0.2, 0) is 4.79 Å². The molecule has 1 heterocycles. The highest BCUT2D eigenvalue weighted by molar-refractivity contribution is 6.31. The van der Waals surface area contributed by atoms with Gasteiger partial charge in [-0.05, 0) is 55.4 Å². The van der Waals surface area contributed by atoms with Crippen molar-refractivity contribution in [1.29, 1.82) is 0 Å². The smallest absolute Gasteiger partial charge is 0.289 e. The summed E-state index contributed by atoms with van der Waals surface area (Å²) in [5.74, 6) is 0.691. The number of nitrogens with zero attached hydrogens (tertiary/aromatic N) is 1. The summed E-state index contributed by atoms with van der Waals surface area (Å²) in [5, 5.41) is 3.68. The molecule has 136 valence electrons. The fourth-order valence-corrected chi connectivity index (χ4v) is 4.41. The highest BCUT2D eigenvalue weighted by Gasteiger charge is 2.68. The summed E-state index contributed by atoms with van der Waals surface area (Å²) in [6.45, 7) is 1.95. The number of oxazole rings is 1. The van der Waals surface area contributed by atoms with Crippen LogP contribution in [0.4, 0.5) is 0 Å². The highest BCUT2D eigenvalue weighted by atomic mass is 35.5. The van der Waals surface area contributed by atoms with Gasteiger partial charge >= 0.3 is 0 Å². The van der Waals surface area contributed by atoms with E-state index in [0.717, 1.165) is 24.8 Å². The minimum absolute atomic E-state index is 0.0189. The summed E-state index contributed by atoms with van der Waals surface area (Å²) >= 11 is 5.98. The van der Waals surface area contributed by atoms with Crippen molar-refractivity contribution in [3.8, 4) is 5.75 Å². The molecule has 0 unspecified atom stereocenters. The molecule has 1 aromatic heterocycles. The van der Waals surface area contributed by atoms with Gasteiger partial charge in [-0.1, -0.05) is 11.6 Å². The Morgan fingerprint density at radius 1 is 1.35 bits per heavy atom. The SMILES string of the molecule is Cc1cc(OCC(=O)CC23CC(NC(=O)c4cnco4)(C2)C3)ccc1Cl. The molecule has 0 radical (unpaired) electrons. The monoisotopic (exact) mass is 374 g/mol. The van der Waals surface area contributed by atoms with Crippen molar-refractivity contribution in [2.45, 2.75) is 38.1 Å². The van der Waals surface area contributed by atoms with Crippen LogP contribution in [0.25, 0.3) is 0 Å². The van der Waals surface area contributed by atoms with Gasteiger partial charge in [-0.2, -0.15) is 0 Å². The van der Waals surface area contributed by atoms with Crippen molar-refractivity contribution in [3.63, 3.8) is 0 Å². The quantitative estimate of drug-likeness (QED) is 0.803. The molecule has 3 fully saturated rings. The Bertz CT molecular complexity index is 843. The summed E-state index contributed by atoms with van der Waals surface area (Å²) in [6.07, 6.45) is 5.59. The number of ketones is 1. The predicted molar refractivity (Wildman–Crippen MR) is 94.3 cm³/mol. The zero-order valence-electron chi connectivity index (χ0n) is 14.4. The summed E-state index contributed by atoms with van der Waals surface area (Å²) in [6, 6.07) is 5.35. The Hall–Kier alpha value is -2.34. The molecule has 1 N–H and O–H groups in total. The molecular weight excluding hydrogens is 356 g/mol. The normalized spacial score (nSPS) is 25.8. The van der Waals surface area contributed by atoms with Crippen LogP contribution < -0.4 is 10.1 Å². The predicted octanol–water partition coefficient (Wildman–Crippen LogP) is 3.33. The lowest BCUT2D eigenvalue weighted by Crippen LogP contribution is -2.75. The molecule has 2 aromatic rings. The second-order valence-corrected chi connectivity index (χ2v) is 7.95. The van der Waals surface area contributed by atoms with Gasteiger partial charge in [0.1, 0.15) is 12.4 Å². The van der Waals surface area contributed by atoms with Gasteiger partial charge in [0.05, 0.1) is 6.20 Å². The first-order chi connectivity index (χ1) is 12.4. The molecule has 0 saturated heterocycles. The van der Waals surface area contributed by atoms with E-state index >= 15 is 0 Å². The van der Waals surface area contributed by atoms with E-state index in [2.05, 4.69) is 10.3 Å². The first-order valence-electron chi connectivity index (χ1n) is 8.50. The molecule has 3 aliphatic carbocycles. The molecule has 6 nitrogen and oxygen atoms in total. The molecule has 0 aliphatic heterocycles. The number of aryl methyl sites for hydroxylation is 1. The summed E-state index contributed by atoms with van der Waals surface area (Å²) < 4.78 is 10.6. The molecule has 1 amide bonds. The van der Waals surface area contributed by atoms with Gasteiger partial charge in [0, 0.05) is 17.0 Å². The van der Waals surface area contributed by atoms with Crippen molar-refractivity contribution in [1.82, 2.24) is 10.3 Å². The van der Waals surface area contributed by atoms with E-state index in [4.69, 9.17) is 20.8 Å². The fourth-order valence-electron chi connectivity index (χ4n) is 4.29. The van der Waals surface area contributed by atoms with Crippen molar-refractivity contribution in [2.24, 2.45) is 5.41 Å². The van der Waals surface area contributed by atoms with Crippen LogP contribution in [0.2, 0.25) is 5.02 Å². The third-order valence-corrected chi connectivity index (χ3v) is 5.70. The second-order valence-electron chi connectivity index (χ2n) is 7.55. The van der Waals surface area contributed by atoms with E-state index in [9.17, 15) is 9.59 Å². The number of aromatic nitrogens is 1. The average Bonchev–Trinajstić information content (AvgIpc) is 3.07. The van der Waals surface area contributed by atoms with Crippen LogP contribution in [0.1, 0.15) is 41.8 Å². The number of rotatable bonds is 7. The Balaban J connectivity index is 1.23. The Kier molecular flexibility index (Phi) is 4.03. The third-order valence-electron chi connectivity index (χ3n) is 5.28. The number of ether oxygens (including phenoxy) is 1. The van der Waals surface area contributed by atoms with Crippen LogP contribution in [-0.4, -0.2) is 28.8 Å². The number of benzene rings is 1. The summed E-state index contributed by atoms with van der Waals surface area (Å²) in [4.78, 5) is 28.0. The van der Waals surface area contributed by atoms with Gasteiger partial charge in [0.15, 0.2) is 12.2 Å². The number of hydrogen-bond acceptors (Lipinski definition) is 5. The largest absolute Gasteiger partial charge is 0.486 e. The van der Waals surface area contributed by atoms with Gasteiger partial charge in [0.25, 0.3) is 5.91 Å². The number of hydrogen-bond donors (Lipinski definition) is 1. The van der Waals surface area contributed by atoms with E-state index in [0.29, 0.717) is 17.2 Å². The van der Waals surface area contributed by atoms with Crippen molar-refractivity contribution < 1.29 is 18.7 Å². The van der Waals surface area contributed by atoms with E-state index < -0.39 is 0 Å². The molecule has 1 aromatic carbocycles. The van der Waals surface area contributed by atoms with Crippen LogP contribution in [0.5, 0.6) is 5.75 Å². The van der Waals surface area contributed by atoms with Crippen molar-refractivity contribution >= 4 is 23.3 Å². The number of halogens is 1. The number of amides is 1. The molecule has 2 bridgehead atoms. The summed E-state index contributed by atoms with van der Waals surface area (Å²) in [5.41, 5.74) is 0.754. The zero-order chi connectivity index (χ0) is 18.4. The van der Waals surface area contributed by atoms with E-state index in [-0.39, 0.29) is 35.0 Å². The van der Waals surface area contributed by atoms with Crippen LogP contribution >= 0.6 is 11.6 Å². The molecule has 26 heavy (non-hydrogen) atoms. The second kappa shape index (κ2) is 6.13. The van der Waals surface area contributed by atoms with E-state index in [1.54, 1.807) is 12.1 Å². The molecule has 0 spiro atoms. The third kappa shape index (κ3) is 3.09. The lowest BCUT2D eigenvalue weighted by molar-refractivity contribution is -0.162. The fraction of sp³-hybridized carbons (Fsp3) is 0.421. The molecule has 3 aliphatic rings. The molecule has 5 rings (SSSR count). The standard InChI is InChI=1S/C19H19ClN2O4/c1-12-4-14(2-3-15(12)20)25-7-13(23)5-18-8-19(9-18,10-18)22-17(24)16-6-21-11-26-16/h2-4,6,11H,5,7-10H2,1H3,(H,22,24). The van der Waals surface area contributed by atoms with Crippen LogP contribution in [0.15, 0.2) is 35.2 Å². The van der Waals surface area contributed by atoms with Crippen molar-refractivity contribution in [3.05, 3.63) is 47.1 Å². The number of carbonyl (C=O) groups is 2. The maximum Gasteiger partial charge on any atom is 0.289 e. The minimum atomic E-state index is -0.247. The average molecular weight is 375 g/mol. The number of carbonyl (C=O) groups excluding carboxylic acids is 2. The Morgan fingerprint density at radius 2 is 2.12 bits per heavy atom. The first-order valence-corrected chi connectivity index (χ1v) is 8.88. The minimum Gasteiger partial charge on any atom is -0.486 e. The Morgan fingerprint density at radius 3 is 2.77 bits per heavy atom. The van der Waals surface area contributed by atoms with Gasteiger partial charge in [-0.25, -0.2) is 4.98 Å². The summed E-state index contributed by atoms with van der Waals surface area (Å²) in [7, 11) is 0. The van der Waals surface area contributed by atoms with Gasteiger partial charge in [0.2, 0.25) is 5.76 Å². The van der Waals surface area contributed by atoms with Crippen molar-refractivity contribution in [2.75, 3.05) is 6.61 Å². The van der Waals surface area contributed by atoms with Gasteiger partial charge < -0.3 is 14.5 Å². The topological polar surface area (TPSA) is 81.4 Å². The lowest BCUT2D eigenvalue weighted by atomic mass is 9.38. The number of nitrogens with one attached hydrogen (secondary N) is 1. The molecule has 3 saturated carbocycles. The first kappa shape index (κ1) is 17.1. The lowest BCUT2D eigenvalue weighted by Gasteiger charge is -2.70. The zero-order valence-corrected chi connectivity index (χ0v) is 15.1. The van der Waals surface area contributed by atoms with E-state index in [1.807, 2.05) is 13.0 Å². The van der Waals surface area contributed by atoms with Crippen LogP contribution in [0.3, 0.4) is 0 Å². The van der Waals surface area contributed by atoms with Gasteiger partial charge in [-0.15, -0.1) is 0 Å². The highest BCUT2D eigenvalue weighted by Crippen LogP contribution is 2.69. The van der Waals surface area contributed by atoms with Gasteiger partial charge in [-0.3, -0.25) is 9.59 Å². The maximum absolute atomic E-state index is 12.3. The number of Topliss-reactive ketones (excluding diaryl/α,β-unsaturated/α-hetero) is 1. The van der Waals surface area contributed by atoms with Crippen LogP contribution in [0, 0.1) is 12.3 Å². The molecule has 0 atom stereocenters. The Labute approximate surface area is 155 Å².